The van der Waals surface area contributed by atoms with Gasteiger partial charge in [0.05, 0.1) is 32.9 Å². The Kier molecular flexibility index (Phi) is 11.9. The number of carbonyl (C=O) groups is 1. The molecule has 0 unspecified atom stereocenters. The Balaban J connectivity index is 1.22. The molecule has 0 bridgehead atoms. The van der Waals surface area contributed by atoms with E-state index in [1.54, 1.807) is 0 Å². The SMILES string of the molecule is CC(C)(O)c1nnc(Nc2nn(CC(F)F)c3c(-c4ccc(C#CC(C)(C)S(=O)(=O)C5CC5)nc4[C@H](Cc4cc(F)cc(F)c4)NC(=O)Cn4nc(C(F)(F)F)c5c4C(F)(F)[C@@H]4C[C@H]54)ccc(Cl)c23)o1. The van der Waals surface area contributed by atoms with Crippen LogP contribution in [0.25, 0.3) is 22.0 Å². The molecule has 14 nitrogen and oxygen atoms in total. The molecule has 2 aromatic carbocycles. The minimum absolute atomic E-state index is 0.00529. The number of aliphatic hydroxyl groups is 1. The van der Waals surface area contributed by atoms with Crippen LogP contribution in [-0.4, -0.2) is 70.6 Å². The molecule has 0 spiro atoms. The number of sulfone groups is 1. The Morgan fingerprint density at radius 2 is 1.69 bits per heavy atom. The van der Waals surface area contributed by atoms with Crippen LogP contribution in [0.4, 0.5) is 51.3 Å². The fraction of sp³-hybridized carbons (Fsp3) is 0.422. The van der Waals surface area contributed by atoms with Gasteiger partial charge in [-0.2, -0.15) is 32.1 Å². The average molecular weight is 1020 g/mol. The van der Waals surface area contributed by atoms with Gasteiger partial charge < -0.3 is 14.8 Å². The van der Waals surface area contributed by atoms with Gasteiger partial charge in [0.25, 0.3) is 12.3 Å². The van der Waals surface area contributed by atoms with Crippen LogP contribution >= 0.6 is 11.6 Å². The zero-order valence-electron chi connectivity index (χ0n) is 37.1. The van der Waals surface area contributed by atoms with Gasteiger partial charge in [0.2, 0.25) is 11.8 Å². The number of benzene rings is 2. The van der Waals surface area contributed by atoms with E-state index in [1.165, 1.54) is 52.0 Å². The number of amides is 1. The molecule has 370 valence electrons. The van der Waals surface area contributed by atoms with Crippen molar-refractivity contribution < 1.29 is 62.2 Å². The summed E-state index contributed by atoms with van der Waals surface area (Å²) in [5.74, 6) is -4.56. The van der Waals surface area contributed by atoms with Crippen LogP contribution in [0.15, 0.2) is 46.9 Å². The maximum atomic E-state index is 15.6. The molecule has 3 atom stereocenters. The largest absolute Gasteiger partial charge is 0.435 e. The van der Waals surface area contributed by atoms with Crippen LogP contribution in [0.2, 0.25) is 5.02 Å². The fourth-order valence-corrected chi connectivity index (χ4v) is 10.8. The van der Waals surface area contributed by atoms with Crippen LogP contribution < -0.4 is 10.6 Å². The molecule has 6 aromatic rings. The smallest absolute Gasteiger partial charge is 0.405 e. The van der Waals surface area contributed by atoms with Gasteiger partial charge in [-0.05, 0) is 101 Å². The number of halogens is 10. The van der Waals surface area contributed by atoms with Crippen molar-refractivity contribution in [1.29, 1.82) is 0 Å². The lowest BCUT2D eigenvalue weighted by molar-refractivity contribution is -0.142. The van der Waals surface area contributed by atoms with Crippen molar-refractivity contribution in [2.24, 2.45) is 5.92 Å². The molecule has 25 heteroatoms. The van der Waals surface area contributed by atoms with E-state index in [9.17, 15) is 49.1 Å². The molecule has 3 aliphatic carbocycles. The highest BCUT2D eigenvalue weighted by Crippen LogP contribution is 2.68. The average Bonchev–Trinajstić information content (AvgIpc) is 4.12. The molecular formula is C45H39ClF9N9O5S. The molecule has 0 saturated heterocycles. The second kappa shape index (κ2) is 17.0. The lowest BCUT2D eigenvalue weighted by atomic mass is 9.93. The van der Waals surface area contributed by atoms with Gasteiger partial charge >= 0.3 is 12.2 Å². The second-order valence-corrected chi connectivity index (χ2v) is 21.6. The normalized spacial score (nSPS) is 18.1. The van der Waals surface area contributed by atoms with Crippen molar-refractivity contribution in [3.05, 3.63) is 98.9 Å². The van der Waals surface area contributed by atoms with Crippen LogP contribution in [0.1, 0.15) is 98.7 Å². The van der Waals surface area contributed by atoms with E-state index in [4.69, 9.17) is 21.0 Å². The maximum Gasteiger partial charge on any atom is 0.435 e. The molecule has 3 aliphatic rings. The van der Waals surface area contributed by atoms with Gasteiger partial charge in [0.15, 0.2) is 21.3 Å². The van der Waals surface area contributed by atoms with Crippen LogP contribution in [0.5, 0.6) is 0 Å². The standard InChI is InChI=1S/C45H39ClF9N9O5S/c1-42(2,70(67,68)24-6-7-24)12-11-23-5-8-25(26-9-10-29(46)34-36(26)63(18-31(49)50)62-39(34)58-41-60-59-40(69-41)43(3,4)66)35(56-23)30(15-20-13-21(47)16-22(48)14-20)57-32(65)19-64-38-33(37(61-64)45(53,54)55)27-17-28(27)44(38,51)52/h5,8-10,13-14,16,24,27-28,30-31,66H,6-7,15,17-19H2,1-4H3,(H,57,65)(H,58,60,62)/t27-,28+,30-/m0/s1. The number of aromatic nitrogens is 7. The van der Waals surface area contributed by atoms with E-state index in [0.717, 1.165) is 16.8 Å². The van der Waals surface area contributed by atoms with Crippen molar-refractivity contribution in [2.45, 2.75) is 113 Å². The van der Waals surface area contributed by atoms with Crippen molar-refractivity contribution >= 4 is 50.1 Å². The van der Waals surface area contributed by atoms with Gasteiger partial charge in [-0.1, -0.05) is 28.7 Å². The number of hydrogen-bond donors (Lipinski definition) is 3. The summed E-state index contributed by atoms with van der Waals surface area (Å²) in [6, 6.07) is 5.93. The maximum absolute atomic E-state index is 15.6. The number of nitrogens with zero attached hydrogens (tertiary/aromatic N) is 7. The minimum Gasteiger partial charge on any atom is -0.405 e. The summed E-state index contributed by atoms with van der Waals surface area (Å²) in [5.41, 5.74) is -5.47. The molecule has 2 saturated carbocycles. The topological polar surface area (TPSA) is 183 Å². The minimum atomic E-state index is -5.16. The van der Waals surface area contributed by atoms with Gasteiger partial charge in [-0.3, -0.25) is 19.5 Å². The molecular weight excluding hydrogens is 985 g/mol. The van der Waals surface area contributed by atoms with Crippen molar-refractivity contribution in [3.8, 4) is 23.0 Å². The van der Waals surface area contributed by atoms with Crippen molar-refractivity contribution in [2.75, 3.05) is 5.32 Å². The van der Waals surface area contributed by atoms with Crippen LogP contribution in [0.3, 0.4) is 0 Å². The van der Waals surface area contributed by atoms with E-state index in [1.807, 2.05) is 0 Å². The van der Waals surface area contributed by atoms with Crippen LogP contribution in [-0.2, 0) is 51.8 Å². The summed E-state index contributed by atoms with van der Waals surface area (Å²) < 4.78 is 164. The Morgan fingerprint density at radius 3 is 2.31 bits per heavy atom. The summed E-state index contributed by atoms with van der Waals surface area (Å²) in [6.07, 6.45) is -8.07. The lowest BCUT2D eigenvalue weighted by Crippen LogP contribution is -2.35. The molecule has 3 N–H and O–H groups in total. The number of alkyl halides is 7. The molecule has 0 aliphatic heterocycles. The molecule has 4 heterocycles. The van der Waals surface area contributed by atoms with E-state index in [0.29, 0.717) is 18.9 Å². The summed E-state index contributed by atoms with van der Waals surface area (Å²) in [7, 11) is -3.78. The third kappa shape index (κ3) is 9.06. The first-order valence-corrected chi connectivity index (χ1v) is 23.5. The predicted octanol–water partition coefficient (Wildman–Crippen LogP) is 8.88. The molecule has 70 heavy (non-hydrogen) atoms. The van der Waals surface area contributed by atoms with E-state index < -0.39 is 116 Å². The van der Waals surface area contributed by atoms with E-state index in [2.05, 4.69) is 42.9 Å². The highest BCUT2D eigenvalue weighted by molar-refractivity contribution is 7.93. The molecule has 9 rings (SSSR count). The number of carbonyl (C=O) groups excluding carboxylic acids is 1. The Labute approximate surface area is 396 Å². The summed E-state index contributed by atoms with van der Waals surface area (Å²) in [6.45, 7) is 3.28. The van der Waals surface area contributed by atoms with Crippen LogP contribution in [0, 0.1) is 29.4 Å². The highest BCUT2D eigenvalue weighted by Gasteiger charge is 2.68. The first-order valence-electron chi connectivity index (χ1n) is 21.5. The Morgan fingerprint density at radius 1 is 1.00 bits per heavy atom. The van der Waals surface area contributed by atoms with Crippen molar-refractivity contribution in [3.63, 3.8) is 0 Å². The van der Waals surface area contributed by atoms with Gasteiger partial charge in [0.1, 0.15) is 46.5 Å². The lowest BCUT2D eigenvalue weighted by Gasteiger charge is -2.23. The summed E-state index contributed by atoms with van der Waals surface area (Å²) in [4.78, 5) is 18.9. The fourth-order valence-electron chi connectivity index (χ4n) is 8.74. The van der Waals surface area contributed by atoms with E-state index >= 15 is 8.78 Å². The number of nitrogens with one attached hydrogen (secondary N) is 2. The molecule has 4 aromatic heterocycles. The first-order chi connectivity index (χ1) is 32.6. The van der Waals surface area contributed by atoms with E-state index in [-0.39, 0.29) is 72.8 Å². The zero-order chi connectivity index (χ0) is 50.6. The second-order valence-electron chi connectivity index (χ2n) is 18.4. The number of hydrogen-bond acceptors (Lipinski definition) is 11. The Bertz CT molecular complexity index is 3260. The summed E-state index contributed by atoms with van der Waals surface area (Å²) in [5, 5.41) is 30.4. The van der Waals surface area contributed by atoms with Gasteiger partial charge in [-0.15, -0.1) is 5.10 Å². The number of anilines is 2. The van der Waals surface area contributed by atoms with Crippen molar-refractivity contribution in [1.82, 2.24) is 40.1 Å². The highest BCUT2D eigenvalue weighted by atomic mass is 35.5. The summed E-state index contributed by atoms with van der Waals surface area (Å²) >= 11 is 6.74. The molecule has 1 amide bonds. The third-order valence-corrected chi connectivity index (χ3v) is 15.4. The molecule has 2 fully saturated rings. The zero-order valence-corrected chi connectivity index (χ0v) is 38.6. The monoisotopic (exact) mass is 1020 g/mol. The number of pyridine rings is 1. The molecule has 0 radical (unpaired) electrons. The quantitative estimate of drug-likeness (QED) is 0.0700. The Hall–Kier alpha value is -6.19. The third-order valence-electron chi connectivity index (χ3n) is 12.2. The van der Waals surface area contributed by atoms with Gasteiger partial charge in [0, 0.05) is 28.7 Å². The first kappa shape index (κ1) is 48.8. The number of fused-ring (bicyclic) bond motifs is 4. The number of rotatable bonds is 14. The predicted molar refractivity (Wildman–Crippen MR) is 233 cm³/mol. The van der Waals surface area contributed by atoms with Gasteiger partial charge in [-0.25, -0.2) is 31.0 Å².